The molecule has 0 bridgehead atoms. The normalized spacial score (nSPS) is 14.6. The summed E-state index contributed by atoms with van der Waals surface area (Å²) in [6.45, 7) is 0. The van der Waals surface area contributed by atoms with E-state index in [0.29, 0.717) is 17.7 Å². The maximum atomic E-state index is 5.12. The average molecular weight is 327 g/mol. The van der Waals surface area contributed by atoms with Crippen LogP contribution in [-0.4, -0.2) is 22.1 Å². The van der Waals surface area contributed by atoms with Gasteiger partial charge >= 0.3 is 0 Å². The number of ether oxygens (including phenoxy) is 1. The Kier molecular flexibility index (Phi) is 3.17. The van der Waals surface area contributed by atoms with Gasteiger partial charge in [0.25, 0.3) is 0 Å². The summed E-state index contributed by atoms with van der Waals surface area (Å²) in [6.07, 6.45) is 4.17. The van der Waals surface area contributed by atoms with Crippen LogP contribution in [0, 0.1) is 0 Å². The van der Waals surface area contributed by atoms with E-state index in [4.69, 9.17) is 4.74 Å². The Bertz CT molecular complexity index is 570. The summed E-state index contributed by atoms with van der Waals surface area (Å²) in [6, 6.07) is 0. The summed E-state index contributed by atoms with van der Waals surface area (Å²) in [5.74, 6) is 1.66. The molecule has 0 unspecified atom stereocenters. The SMILES string of the molecule is COc1nc(Nc2nc(C3CC3)cs2)ncc1Br. The summed E-state index contributed by atoms with van der Waals surface area (Å²) in [5.41, 5.74) is 1.17. The van der Waals surface area contributed by atoms with Crippen LogP contribution in [0.1, 0.15) is 24.5 Å². The van der Waals surface area contributed by atoms with E-state index in [1.807, 2.05) is 0 Å². The monoisotopic (exact) mass is 326 g/mol. The molecular weight excluding hydrogens is 316 g/mol. The lowest BCUT2D eigenvalue weighted by Crippen LogP contribution is -1.99. The van der Waals surface area contributed by atoms with Crippen LogP contribution in [0.4, 0.5) is 11.1 Å². The molecule has 0 aliphatic heterocycles. The highest BCUT2D eigenvalue weighted by Crippen LogP contribution is 2.41. The Morgan fingerprint density at radius 2 is 2.28 bits per heavy atom. The van der Waals surface area contributed by atoms with Gasteiger partial charge in [-0.05, 0) is 28.8 Å². The van der Waals surface area contributed by atoms with Crippen molar-refractivity contribution in [1.82, 2.24) is 15.0 Å². The first-order valence-corrected chi connectivity index (χ1v) is 7.22. The molecule has 1 saturated carbocycles. The molecule has 0 saturated heterocycles. The molecular formula is C11H11BrN4OS. The fourth-order valence-electron chi connectivity index (χ4n) is 1.56. The molecule has 5 nitrogen and oxygen atoms in total. The predicted octanol–water partition coefficient (Wildman–Crippen LogP) is 3.33. The average Bonchev–Trinajstić information content (AvgIpc) is 3.13. The maximum Gasteiger partial charge on any atom is 0.232 e. The Hall–Kier alpha value is -1.21. The van der Waals surface area contributed by atoms with E-state index < -0.39 is 0 Å². The number of halogens is 1. The van der Waals surface area contributed by atoms with Crippen molar-refractivity contribution in [2.45, 2.75) is 18.8 Å². The second kappa shape index (κ2) is 4.81. The highest BCUT2D eigenvalue weighted by atomic mass is 79.9. The van der Waals surface area contributed by atoms with E-state index in [0.717, 1.165) is 9.60 Å². The Labute approximate surface area is 117 Å². The topological polar surface area (TPSA) is 59.9 Å². The fourth-order valence-corrected chi connectivity index (χ4v) is 2.70. The van der Waals surface area contributed by atoms with Gasteiger partial charge in [-0.3, -0.25) is 5.32 Å². The van der Waals surface area contributed by atoms with Crippen LogP contribution in [-0.2, 0) is 0 Å². The highest BCUT2D eigenvalue weighted by Gasteiger charge is 2.26. The van der Waals surface area contributed by atoms with E-state index in [2.05, 4.69) is 41.6 Å². The number of hydrogen-bond acceptors (Lipinski definition) is 6. The molecule has 0 atom stereocenters. The standard InChI is InChI=1S/C11H11BrN4OS/c1-17-9-7(12)4-13-10(15-9)16-11-14-8(5-18-11)6-2-3-6/h4-6H,2-3H2,1H3,(H,13,14,15,16). The van der Waals surface area contributed by atoms with Crippen molar-refractivity contribution in [1.29, 1.82) is 0 Å². The van der Waals surface area contributed by atoms with Gasteiger partial charge in [-0.1, -0.05) is 0 Å². The van der Waals surface area contributed by atoms with Crippen molar-refractivity contribution in [2.24, 2.45) is 0 Å². The molecule has 0 radical (unpaired) electrons. The van der Waals surface area contributed by atoms with Crippen molar-refractivity contribution in [2.75, 3.05) is 12.4 Å². The Balaban J connectivity index is 1.78. The molecule has 2 aromatic rings. The number of anilines is 2. The first kappa shape index (κ1) is 11.9. The van der Waals surface area contributed by atoms with Crippen molar-refractivity contribution >= 4 is 38.3 Å². The number of thiazole rings is 1. The number of hydrogen-bond donors (Lipinski definition) is 1. The molecule has 1 N–H and O–H groups in total. The maximum absolute atomic E-state index is 5.12. The van der Waals surface area contributed by atoms with Gasteiger partial charge in [0.1, 0.15) is 0 Å². The number of rotatable bonds is 4. The Morgan fingerprint density at radius 1 is 1.44 bits per heavy atom. The molecule has 2 heterocycles. The third-order valence-electron chi connectivity index (χ3n) is 2.64. The molecule has 3 rings (SSSR count). The van der Waals surface area contributed by atoms with Crippen LogP contribution >= 0.6 is 27.3 Å². The van der Waals surface area contributed by atoms with Crippen LogP contribution < -0.4 is 10.1 Å². The molecule has 1 aliphatic carbocycles. The largest absolute Gasteiger partial charge is 0.480 e. The minimum absolute atomic E-state index is 0.492. The lowest BCUT2D eigenvalue weighted by atomic mass is 10.3. The van der Waals surface area contributed by atoms with Crippen LogP contribution in [0.3, 0.4) is 0 Å². The van der Waals surface area contributed by atoms with Crippen molar-refractivity contribution in [3.8, 4) is 5.88 Å². The molecule has 18 heavy (non-hydrogen) atoms. The fraction of sp³-hybridized carbons (Fsp3) is 0.364. The molecule has 7 heteroatoms. The number of nitrogens with zero attached hydrogens (tertiary/aromatic N) is 3. The lowest BCUT2D eigenvalue weighted by Gasteiger charge is -2.04. The minimum atomic E-state index is 0.492. The van der Waals surface area contributed by atoms with Gasteiger partial charge in [0.2, 0.25) is 11.8 Å². The van der Waals surface area contributed by atoms with Gasteiger partial charge in [-0.25, -0.2) is 9.97 Å². The first-order valence-electron chi connectivity index (χ1n) is 5.55. The molecule has 0 amide bonds. The minimum Gasteiger partial charge on any atom is -0.480 e. The van der Waals surface area contributed by atoms with Crippen molar-refractivity contribution in [3.05, 3.63) is 21.7 Å². The number of methoxy groups -OCH3 is 1. The van der Waals surface area contributed by atoms with E-state index in [1.54, 1.807) is 24.6 Å². The summed E-state index contributed by atoms with van der Waals surface area (Å²) in [4.78, 5) is 12.9. The molecule has 2 aromatic heterocycles. The summed E-state index contributed by atoms with van der Waals surface area (Å²) >= 11 is 4.89. The molecule has 1 aliphatic rings. The second-order valence-corrected chi connectivity index (χ2v) is 5.74. The van der Waals surface area contributed by atoms with Gasteiger partial charge in [0.15, 0.2) is 5.13 Å². The molecule has 0 spiro atoms. The van der Waals surface area contributed by atoms with E-state index >= 15 is 0 Å². The van der Waals surface area contributed by atoms with E-state index in [9.17, 15) is 0 Å². The third kappa shape index (κ3) is 2.46. The van der Waals surface area contributed by atoms with Gasteiger partial charge in [-0.2, -0.15) is 4.98 Å². The first-order chi connectivity index (χ1) is 8.76. The number of nitrogens with one attached hydrogen (secondary N) is 1. The highest BCUT2D eigenvalue weighted by molar-refractivity contribution is 9.10. The molecule has 0 aromatic carbocycles. The number of aromatic nitrogens is 3. The molecule has 1 fully saturated rings. The lowest BCUT2D eigenvalue weighted by molar-refractivity contribution is 0.394. The van der Waals surface area contributed by atoms with Gasteiger partial charge in [0.05, 0.1) is 23.5 Å². The smallest absolute Gasteiger partial charge is 0.232 e. The van der Waals surface area contributed by atoms with E-state index in [1.165, 1.54) is 18.5 Å². The van der Waals surface area contributed by atoms with Gasteiger partial charge in [0, 0.05) is 11.3 Å². The summed E-state index contributed by atoms with van der Waals surface area (Å²) in [5, 5.41) is 6.01. The van der Waals surface area contributed by atoms with Crippen LogP contribution in [0.5, 0.6) is 5.88 Å². The second-order valence-electron chi connectivity index (χ2n) is 4.03. The summed E-state index contributed by atoms with van der Waals surface area (Å²) in [7, 11) is 1.57. The van der Waals surface area contributed by atoms with Crippen LogP contribution in [0.25, 0.3) is 0 Å². The zero-order chi connectivity index (χ0) is 12.5. The van der Waals surface area contributed by atoms with Gasteiger partial charge in [-0.15, -0.1) is 11.3 Å². The zero-order valence-electron chi connectivity index (χ0n) is 9.68. The predicted molar refractivity (Wildman–Crippen MR) is 73.7 cm³/mol. The van der Waals surface area contributed by atoms with Gasteiger partial charge < -0.3 is 4.74 Å². The van der Waals surface area contributed by atoms with Crippen molar-refractivity contribution in [3.63, 3.8) is 0 Å². The summed E-state index contributed by atoms with van der Waals surface area (Å²) < 4.78 is 5.85. The van der Waals surface area contributed by atoms with Crippen LogP contribution in [0.2, 0.25) is 0 Å². The zero-order valence-corrected chi connectivity index (χ0v) is 12.1. The quantitative estimate of drug-likeness (QED) is 0.933. The third-order valence-corrected chi connectivity index (χ3v) is 3.96. The van der Waals surface area contributed by atoms with E-state index in [-0.39, 0.29) is 0 Å². The van der Waals surface area contributed by atoms with Crippen LogP contribution in [0.15, 0.2) is 16.0 Å². The Morgan fingerprint density at radius 3 is 3.00 bits per heavy atom. The molecule has 94 valence electrons. The van der Waals surface area contributed by atoms with Crippen molar-refractivity contribution < 1.29 is 4.74 Å².